The summed E-state index contributed by atoms with van der Waals surface area (Å²) in [6.07, 6.45) is 4.62. The van der Waals surface area contributed by atoms with Crippen molar-refractivity contribution in [3.63, 3.8) is 0 Å². The molecule has 4 nitrogen and oxygen atoms in total. The van der Waals surface area contributed by atoms with Gasteiger partial charge < -0.3 is 9.64 Å². The Morgan fingerprint density at radius 1 is 1.08 bits per heavy atom. The molecular weight excluding hydrogens is 344 g/mol. The molecule has 132 valence electrons. The van der Waals surface area contributed by atoms with Gasteiger partial charge in [-0.15, -0.1) is 0 Å². The van der Waals surface area contributed by atoms with E-state index in [0.29, 0.717) is 5.56 Å². The number of nitrogens with zero attached hydrogens (tertiary/aromatic N) is 2. The van der Waals surface area contributed by atoms with Crippen molar-refractivity contribution in [2.75, 3.05) is 18.0 Å². The number of aryl methyl sites for hydroxylation is 2. The van der Waals surface area contributed by atoms with E-state index in [1.165, 1.54) is 28.7 Å². The Kier molecular flexibility index (Phi) is 3.89. The molecule has 1 fully saturated rings. The molecule has 2 aliphatic rings. The van der Waals surface area contributed by atoms with Crippen LogP contribution in [-0.4, -0.2) is 30.1 Å². The average molecular weight is 364 g/mol. The number of thiazole rings is 1. The highest BCUT2D eigenvalue weighted by Crippen LogP contribution is 2.32. The lowest BCUT2D eigenvalue weighted by atomic mass is 9.90. The molecule has 5 heteroatoms. The van der Waals surface area contributed by atoms with Crippen LogP contribution in [0.5, 0.6) is 0 Å². The van der Waals surface area contributed by atoms with Crippen LogP contribution in [0, 0.1) is 0 Å². The van der Waals surface area contributed by atoms with Crippen LogP contribution in [0.4, 0.5) is 5.13 Å². The van der Waals surface area contributed by atoms with E-state index >= 15 is 0 Å². The van der Waals surface area contributed by atoms with Gasteiger partial charge in [-0.2, -0.15) is 0 Å². The molecule has 0 saturated carbocycles. The number of benzene rings is 2. The monoisotopic (exact) mass is 364 g/mol. The van der Waals surface area contributed by atoms with Gasteiger partial charge >= 0.3 is 5.97 Å². The minimum absolute atomic E-state index is 0.0504. The number of anilines is 1. The van der Waals surface area contributed by atoms with Gasteiger partial charge in [0.25, 0.3) is 0 Å². The zero-order valence-electron chi connectivity index (χ0n) is 14.5. The van der Waals surface area contributed by atoms with Crippen molar-refractivity contribution >= 4 is 32.7 Å². The quantitative estimate of drug-likeness (QED) is 0.653. The molecule has 26 heavy (non-hydrogen) atoms. The Labute approximate surface area is 156 Å². The zero-order valence-corrected chi connectivity index (χ0v) is 15.3. The number of carbonyl (C=O) groups excluding carboxylic acids is 1. The number of fused-ring (bicyclic) bond motifs is 2. The van der Waals surface area contributed by atoms with Crippen molar-refractivity contribution in [2.24, 2.45) is 0 Å². The summed E-state index contributed by atoms with van der Waals surface area (Å²) in [4.78, 5) is 19.3. The predicted molar refractivity (Wildman–Crippen MR) is 104 cm³/mol. The van der Waals surface area contributed by atoms with Gasteiger partial charge in [-0.1, -0.05) is 29.5 Å². The third kappa shape index (κ3) is 2.86. The molecule has 0 atom stereocenters. The van der Waals surface area contributed by atoms with Gasteiger partial charge in [-0.3, -0.25) is 0 Å². The number of ether oxygens (including phenoxy) is 1. The van der Waals surface area contributed by atoms with Crippen LogP contribution in [0.2, 0.25) is 0 Å². The van der Waals surface area contributed by atoms with E-state index in [9.17, 15) is 4.79 Å². The number of esters is 1. The fourth-order valence-corrected chi connectivity index (χ4v) is 4.73. The molecule has 5 rings (SSSR count). The lowest BCUT2D eigenvalue weighted by Gasteiger charge is -2.38. The fourth-order valence-electron chi connectivity index (χ4n) is 3.74. The maximum Gasteiger partial charge on any atom is 0.338 e. The van der Waals surface area contributed by atoms with Gasteiger partial charge in [-0.05, 0) is 61.1 Å². The first-order valence-corrected chi connectivity index (χ1v) is 10.0. The van der Waals surface area contributed by atoms with E-state index < -0.39 is 0 Å². The van der Waals surface area contributed by atoms with Crippen molar-refractivity contribution in [3.8, 4) is 0 Å². The highest BCUT2D eigenvalue weighted by Gasteiger charge is 2.32. The Hall–Kier alpha value is -2.40. The topological polar surface area (TPSA) is 42.4 Å². The number of carbonyl (C=O) groups is 1. The highest BCUT2D eigenvalue weighted by atomic mass is 32.1. The summed E-state index contributed by atoms with van der Waals surface area (Å²) in [5.41, 5.74) is 4.42. The van der Waals surface area contributed by atoms with Crippen LogP contribution >= 0.6 is 11.3 Å². The molecule has 0 unspecified atom stereocenters. The van der Waals surface area contributed by atoms with E-state index in [-0.39, 0.29) is 12.1 Å². The van der Waals surface area contributed by atoms with E-state index in [0.717, 1.165) is 36.6 Å². The first-order valence-electron chi connectivity index (χ1n) is 9.19. The van der Waals surface area contributed by atoms with Crippen molar-refractivity contribution < 1.29 is 9.53 Å². The molecule has 0 radical (unpaired) electrons. The van der Waals surface area contributed by atoms with E-state index in [1.54, 1.807) is 11.3 Å². The van der Waals surface area contributed by atoms with Crippen LogP contribution in [0.3, 0.4) is 0 Å². The zero-order chi connectivity index (χ0) is 17.5. The standard InChI is InChI=1S/C21H20N2O2S/c24-20(16-10-9-14-5-1-2-6-15(14)11-16)25-17-12-23(13-17)21-22-18-7-3-4-8-19(18)26-21/h3-4,7-11,17H,1-2,5-6,12-13H2. The minimum atomic E-state index is -0.202. The molecule has 2 aromatic carbocycles. The van der Waals surface area contributed by atoms with Crippen LogP contribution in [0.25, 0.3) is 10.2 Å². The van der Waals surface area contributed by atoms with Crippen molar-refractivity contribution in [1.29, 1.82) is 0 Å². The predicted octanol–water partition coefficient (Wildman–Crippen LogP) is 4.22. The summed E-state index contributed by atoms with van der Waals surface area (Å²) in [5.74, 6) is -0.202. The summed E-state index contributed by atoms with van der Waals surface area (Å²) >= 11 is 1.69. The first kappa shape index (κ1) is 15.8. The van der Waals surface area contributed by atoms with Crippen molar-refractivity contribution in [3.05, 3.63) is 59.2 Å². The van der Waals surface area contributed by atoms with Gasteiger partial charge in [0.15, 0.2) is 5.13 Å². The maximum absolute atomic E-state index is 12.5. The molecule has 1 aliphatic heterocycles. The second kappa shape index (κ2) is 6.40. The third-order valence-corrected chi connectivity index (χ3v) is 6.36. The molecule has 0 bridgehead atoms. The minimum Gasteiger partial charge on any atom is -0.455 e. The molecular formula is C21H20N2O2S. The summed E-state index contributed by atoms with van der Waals surface area (Å²) in [6.45, 7) is 1.44. The van der Waals surface area contributed by atoms with Crippen LogP contribution in [0.1, 0.15) is 34.3 Å². The number of rotatable bonds is 3. The molecule has 1 aromatic heterocycles. The van der Waals surface area contributed by atoms with E-state index in [4.69, 9.17) is 4.74 Å². The SMILES string of the molecule is O=C(OC1CN(c2nc3ccccc3s2)C1)c1ccc2c(c1)CCCC2. The number of hydrogen-bond donors (Lipinski definition) is 0. The fraction of sp³-hybridized carbons (Fsp3) is 0.333. The van der Waals surface area contributed by atoms with Crippen molar-refractivity contribution in [1.82, 2.24) is 4.98 Å². The smallest absolute Gasteiger partial charge is 0.338 e. The molecule has 1 aliphatic carbocycles. The Morgan fingerprint density at radius 3 is 2.73 bits per heavy atom. The highest BCUT2D eigenvalue weighted by molar-refractivity contribution is 7.22. The molecule has 1 saturated heterocycles. The molecule has 0 N–H and O–H groups in total. The Bertz CT molecular complexity index is 942. The van der Waals surface area contributed by atoms with Crippen LogP contribution in [0.15, 0.2) is 42.5 Å². The van der Waals surface area contributed by atoms with Gasteiger partial charge in [0.1, 0.15) is 6.10 Å². The van der Waals surface area contributed by atoms with Gasteiger partial charge in [-0.25, -0.2) is 9.78 Å². The van der Waals surface area contributed by atoms with Gasteiger partial charge in [0, 0.05) is 0 Å². The molecule has 2 heterocycles. The normalized spacial score (nSPS) is 17.0. The summed E-state index contributed by atoms with van der Waals surface area (Å²) in [7, 11) is 0. The summed E-state index contributed by atoms with van der Waals surface area (Å²) < 4.78 is 6.88. The van der Waals surface area contributed by atoms with Crippen LogP contribution < -0.4 is 4.90 Å². The summed E-state index contributed by atoms with van der Waals surface area (Å²) in [6, 6.07) is 14.2. The molecule has 0 spiro atoms. The second-order valence-corrected chi connectivity index (χ2v) is 8.10. The number of para-hydroxylation sites is 1. The molecule has 0 amide bonds. The van der Waals surface area contributed by atoms with Gasteiger partial charge in [0.05, 0.1) is 28.9 Å². The third-order valence-electron chi connectivity index (χ3n) is 5.26. The van der Waals surface area contributed by atoms with Crippen LogP contribution in [-0.2, 0) is 17.6 Å². The summed E-state index contributed by atoms with van der Waals surface area (Å²) in [5, 5.41) is 1.01. The van der Waals surface area contributed by atoms with E-state index in [1.807, 2.05) is 30.3 Å². The maximum atomic E-state index is 12.5. The Morgan fingerprint density at radius 2 is 1.88 bits per heavy atom. The first-order chi connectivity index (χ1) is 12.8. The van der Waals surface area contributed by atoms with Gasteiger partial charge in [0.2, 0.25) is 0 Å². The van der Waals surface area contributed by atoms with Crippen molar-refractivity contribution in [2.45, 2.75) is 31.8 Å². The lowest BCUT2D eigenvalue weighted by molar-refractivity contribution is 0.0234. The second-order valence-electron chi connectivity index (χ2n) is 7.09. The number of hydrogen-bond acceptors (Lipinski definition) is 5. The Balaban J connectivity index is 1.22. The largest absolute Gasteiger partial charge is 0.455 e. The lowest BCUT2D eigenvalue weighted by Crippen LogP contribution is -2.53. The number of aromatic nitrogens is 1. The molecule has 3 aromatic rings. The average Bonchev–Trinajstić information content (AvgIpc) is 3.07. The van der Waals surface area contributed by atoms with E-state index in [2.05, 4.69) is 22.0 Å².